The highest BCUT2D eigenvalue weighted by atomic mass is 16.7. The van der Waals surface area contributed by atoms with E-state index in [-0.39, 0.29) is 29.9 Å². The van der Waals surface area contributed by atoms with E-state index in [1.165, 1.54) is 0 Å². The summed E-state index contributed by atoms with van der Waals surface area (Å²) in [5, 5.41) is 0. The lowest BCUT2D eigenvalue weighted by Crippen LogP contribution is -2.44. The SMILES string of the molecule is C=C(C)C(=O)N(CC(OCC1CO1)OCC1CO1)C(=O)C(=C)C. The first-order valence-corrected chi connectivity index (χ1v) is 7.52. The molecule has 2 atom stereocenters. The van der Waals surface area contributed by atoms with Gasteiger partial charge in [0.05, 0.1) is 33.0 Å². The topological polar surface area (TPSA) is 80.9 Å². The van der Waals surface area contributed by atoms with Gasteiger partial charge in [0, 0.05) is 11.1 Å². The van der Waals surface area contributed by atoms with Crippen molar-refractivity contribution in [2.24, 2.45) is 0 Å². The van der Waals surface area contributed by atoms with Crippen molar-refractivity contribution in [1.29, 1.82) is 0 Å². The number of rotatable bonds is 10. The number of nitrogens with zero attached hydrogens (tertiary/aromatic N) is 1. The lowest BCUT2D eigenvalue weighted by Gasteiger charge is -2.26. The van der Waals surface area contributed by atoms with Crippen molar-refractivity contribution in [3.05, 3.63) is 24.3 Å². The Balaban J connectivity index is 1.99. The minimum Gasteiger partial charge on any atom is -0.371 e. The summed E-state index contributed by atoms with van der Waals surface area (Å²) in [5.41, 5.74) is 0.517. The second kappa shape index (κ2) is 7.83. The Hall–Kier alpha value is -1.54. The van der Waals surface area contributed by atoms with Gasteiger partial charge in [0.1, 0.15) is 12.2 Å². The maximum atomic E-state index is 12.2. The number of hydrogen-bond donors (Lipinski definition) is 0. The van der Waals surface area contributed by atoms with Crippen LogP contribution in [0.25, 0.3) is 0 Å². The molecule has 2 heterocycles. The highest BCUT2D eigenvalue weighted by molar-refractivity contribution is 6.08. The molecule has 2 fully saturated rings. The zero-order valence-corrected chi connectivity index (χ0v) is 13.6. The number of carbonyl (C=O) groups is 2. The van der Waals surface area contributed by atoms with Crippen molar-refractivity contribution in [1.82, 2.24) is 4.90 Å². The van der Waals surface area contributed by atoms with Crippen molar-refractivity contribution in [2.45, 2.75) is 32.3 Å². The monoisotopic (exact) mass is 325 g/mol. The van der Waals surface area contributed by atoms with Crippen LogP contribution in [0.3, 0.4) is 0 Å². The van der Waals surface area contributed by atoms with E-state index in [1.54, 1.807) is 13.8 Å². The zero-order valence-electron chi connectivity index (χ0n) is 13.6. The van der Waals surface area contributed by atoms with Crippen molar-refractivity contribution in [3.8, 4) is 0 Å². The third-order valence-corrected chi connectivity index (χ3v) is 3.29. The summed E-state index contributed by atoms with van der Waals surface area (Å²) in [6.45, 7) is 12.3. The first kappa shape index (κ1) is 17.8. The molecule has 23 heavy (non-hydrogen) atoms. The van der Waals surface area contributed by atoms with Gasteiger partial charge in [-0.1, -0.05) is 13.2 Å². The fourth-order valence-electron chi connectivity index (χ4n) is 1.78. The average molecular weight is 325 g/mol. The minimum absolute atomic E-state index is 0.0309. The average Bonchev–Trinajstić information content (AvgIpc) is 3.37. The van der Waals surface area contributed by atoms with E-state index in [4.69, 9.17) is 18.9 Å². The molecule has 2 saturated heterocycles. The third kappa shape index (κ3) is 5.87. The van der Waals surface area contributed by atoms with Gasteiger partial charge in [0.25, 0.3) is 11.8 Å². The van der Waals surface area contributed by atoms with Crippen LogP contribution < -0.4 is 0 Å². The summed E-state index contributed by atoms with van der Waals surface area (Å²) in [6, 6.07) is 0. The molecule has 0 radical (unpaired) electrons. The molecule has 0 spiro atoms. The van der Waals surface area contributed by atoms with Crippen molar-refractivity contribution in [2.75, 3.05) is 33.0 Å². The van der Waals surface area contributed by atoms with Crippen LogP contribution >= 0.6 is 0 Å². The van der Waals surface area contributed by atoms with Crippen molar-refractivity contribution >= 4 is 11.8 Å². The van der Waals surface area contributed by atoms with Gasteiger partial charge >= 0.3 is 0 Å². The Morgan fingerprint density at radius 2 is 1.43 bits per heavy atom. The largest absolute Gasteiger partial charge is 0.371 e. The maximum Gasteiger partial charge on any atom is 0.255 e. The first-order valence-electron chi connectivity index (χ1n) is 7.52. The Labute approximate surface area is 135 Å². The smallest absolute Gasteiger partial charge is 0.255 e. The summed E-state index contributed by atoms with van der Waals surface area (Å²) < 4.78 is 21.4. The number of carbonyl (C=O) groups excluding carboxylic acids is 2. The fraction of sp³-hybridized carbons (Fsp3) is 0.625. The van der Waals surface area contributed by atoms with Gasteiger partial charge in [-0.3, -0.25) is 14.5 Å². The van der Waals surface area contributed by atoms with Gasteiger partial charge in [-0.25, -0.2) is 0 Å². The molecular weight excluding hydrogens is 302 g/mol. The molecule has 7 heteroatoms. The van der Waals surface area contributed by atoms with E-state index in [0.717, 1.165) is 4.90 Å². The normalized spacial score (nSPS) is 23.0. The number of amides is 2. The Morgan fingerprint density at radius 3 is 1.74 bits per heavy atom. The lowest BCUT2D eigenvalue weighted by molar-refractivity contribution is -0.168. The van der Waals surface area contributed by atoms with Crippen LogP contribution in [0, 0.1) is 0 Å². The molecule has 128 valence electrons. The van der Waals surface area contributed by atoms with Crippen LogP contribution in [-0.2, 0) is 28.5 Å². The molecule has 0 bridgehead atoms. The zero-order chi connectivity index (χ0) is 17.0. The number of imide groups is 1. The maximum absolute atomic E-state index is 12.2. The minimum atomic E-state index is -0.741. The molecule has 0 saturated carbocycles. The number of ether oxygens (including phenoxy) is 4. The molecular formula is C16H23NO6. The molecule has 0 aromatic carbocycles. The molecule has 2 rings (SSSR count). The van der Waals surface area contributed by atoms with Gasteiger partial charge < -0.3 is 18.9 Å². The second-order valence-corrected chi connectivity index (χ2v) is 5.79. The molecule has 2 aliphatic heterocycles. The van der Waals surface area contributed by atoms with Gasteiger partial charge in [-0.15, -0.1) is 0 Å². The van der Waals surface area contributed by atoms with Crippen LogP contribution in [-0.4, -0.2) is 68.2 Å². The van der Waals surface area contributed by atoms with E-state index in [9.17, 15) is 9.59 Å². The Bertz CT molecular complexity index is 453. The predicted octanol–water partition coefficient (Wildman–Crippen LogP) is 0.651. The molecule has 0 aliphatic carbocycles. The van der Waals surface area contributed by atoms with Gasteiger partial charge in [0.15, 0.2) is 6.29 Å². The van der Waals surface area contributed by atoms with Gasteiger partial charge in [-0.05, 0) is 13.8 Å². The molecule has 2 unspecified atom stereocenters. The molecule has 7 nitrogen and oxygen atoms in total. The molecule has 0 N–H and O–H groups in total. The highest BCUT2D eigenvalue weighted by Crippen LogP contribution is 2.15. The van der Waals surface area contributed by atoms with Crippen LogP contribution in [0.5, 0.6) is 0 Å². The molecule has 0 aromatic heterocycles. The van der Waals surface area contributed by atoms with Crippen LogP contribution in [0.4, 0.5) is 0 Å². The molecule has 2 aliphatic rings. The summed E-state index contributed by atoms with van der Waals surface area (Å²) >= 11 is 0. The van der Waals surface area contributed by atoms with E-state index < -0.39 is 18.1 Å². The summed E-state index contributed by atoms with van der Waals surface area (Å²) in [4.78, 5) is 25.5. The second-order valence-electron chi connectivity index (χ2n) is 5.79. The van der Waals surface area contributed by atoms with E-state index in [2.05, 4.69) is 13.2 Å². The van der Waals surface area contributed by atoms with Crippen LogP contribution in [0.1, 0.15) is 13.8 Å². The summed E-state index contributed by atoms with van der Waals surface area (Å²) in [6.07, 6.45) is -0.629. The van der Waals surface area contributed by atoms with Crippen molar-refractivity contribution < 1.29 is 28.5 Å². The van der Waals surface area contributed by atoms with E-state index in [1.807, 2.05) is 0 Å². The first-order chi connectivity index (χ1) is 10.9. The quantitative estimate of drug-likeness (QED) is 0.333. The summed E-state index contributed by atoms with van der Waals surface area (Å²) in [7, 11) is 0. The predicted molar refractivity (Wildman–Crippen MR) is 81.5 cm³/mol. The Kier molecular flexibility index (Phi) is 6.06. The number of hydrogen-bond acceptors (Lipinski definition) is 6. The van der Waals surface area contributed by atoms with Crippen molar-refractivity contribution in [3.63, 3.8) is 0 Å². The highest BCUT2D eigenvalue weighted by Gasteiger charge is 2.31. The molecule has 2 amide bonds. The van der Waals surface area contributed by atoms with E-state index in [0.29, 0.717) is 26.4 Å². The van der Waals surface area contributed by atoms with Gasteiger partial charge in [0.2, 0.25) is 0 Å². The van der Waals surface area contributed by atoms with Gasteiger partial charge in [-0.2, -0.15) is 0 Å². The Morgan fingerprint density at radius 1 is 1.04 bits per heavy atom. The lowest BCUT2D eigenvalue weighted by atomic mass is 10.2. The van der Waals surface area contributed by atoms with E-state index >= 15 is 0 Å². The number of epoxide rings is 2. The third-order valence-electron chi connectivity index (χ3n) is 3.29. The fourth-order valence-corrected chi connectivity index (χ4v) is 1.78. The van der Waals surface area contributed by atoms with Crippen LogP contribution in [0.2, 0.25) is 0 Å². The standard InChI is InChI=1S/C16H23NO6/c1-10(2)15(18)17(16(19)11(3)4)5-14(22-8-12-6-20-12)23-9-13-7-21-13/h12-14H,1,3,5-9H2,2,4H3. The molecule has 0 aromatic rings. The van der Waals surface area contributed by atoms with Crippen LogP contribution in [0.15, 0.2) is 24.3 Å². The summed E-state index contributed by atoms with van der Waals surface area (Å²) in [5.74, 6) is -0.943.